The topological polar surface area (TPSA) is 59.0 Å². The van der Waals surface area contributed by atoms with Crippen LogP contribution in [0.4, 0.5) is 0 Å². The van der Waals surface area contributed by atoms with Crippen LogP contribution in [-0.2, 0) is 0 Å². The highest BCUT2D eigenvalue weighted by Gasteiger charge is 2.13. The summed E-state index contributed by atoms with van der Waals surface area (Å²) in [7, 11) is 0. The molecule has 0 amide bonds. The SMILES string of the molecule is Cc1cccc(C(CN)Oc2cc(C#N)ccc2C)c1. The Labute approximate surface area is 119 Å². The monoisotopic (exact) mass is 266 g/mol. The van der Waals surface area contributed by atoms with Gasteiger partial charge in [0.2, 0.25) is 0 Å². The lowest BCUT2D eigenvalue weighted by molar-refractivity contribution is 0.212. The van der Waals surface area contributed by atoms with E-state index < -0.39 is 0 Å². The van der Waals surface area contributed by atoms with Gasteiger partial charge in [0.25, 0.3) is 0 Å². The summed E-state index contributed by atoms with van der Waals surface area (Å²) in [5.41, 5.74) is 9.64. The van der Waals surface area contributed by atoms with Crippen molar-refractivity contribution >= 4 is 0 Å². The van der Waals surface area contributed by atoms with E-state index in [0.717, 1.165) is 11.1 Å². The van der Waals surface area contributed by atoms with Crippen LogP contribution < -0.4 is 10.5 Å². The molecule has 0 fully saturated rings. The molecule has 1 unspecified atom stereocenters. The Bertz CT molecular complexity index is 644. The number of benzene rings is 2. The summed E-state index contributed by atoms with van der Waals surface area (Å²) in [6.45, 7) is 4.39. The summed E-state index contributed by atoms with van der Waals surface area (Å²) in [6.07, 6.45) is -0.206. The maximum absolute atomic E-state index is 8.97. The van der Waals surface area contributed by atoms with Crippen molar-refractivity contribution in [3.8, 4) is 11.8 Å². The first kappa shape index (κ1) is 14.1. The Morgan fingerprint density at radius 3 is 2.65 bits per heavy atom. The standard InChI is InChI=1S/C17H18N2O/c1-12-4-3-5-15(8-12)17(11-19)20-16-9-14(10-18)7-6-13(16)2/h3-9,17H,11,19H2,1-2H3. The van der Waals surface area contributed by atoms with E-state index in [4.69, 9.17) is 15.7 Å². The number of hydrogen-bond donors (Lipinski definition) is 1. The highest BCUT2D eigenvalue weighted by atomic mass is 16.5. The van der Waals surface area contributed by atoms with Crippen LogP contribution in [0.15, 0.2) is 42.5 Å². The van der Waals surface area contributed by atoms with Gasteiger partial charge in [0, 0.05) is 6.54 Å². The second-order valence-electron chi connectivity index (χ2n) is 4.85. The quantitative estimate of drug-likeness (QED) is 0.924. The minimum atomic E-state index is -0.206. The molecule has 2 aromatic rings. The molecule has 2 aromatic carbocycles. The Kier molecular flexibility index (Phi) is 4.39. The zero-order valence-electron chi connectivity index (χ0n) is 11.8. The van der Waals surface area contributed by atoms with Crippen LogP contribution in [0.3, 0.4) is 0 Å². The number of nitrogens with zero attached hydrogens (tertiary/aromatic N) is 1. The summed E-state index contributed by atoms with van der Waals surface area (Å²) in [5, 5.41) is 8.97. The molecular formula is C17H18N2O. The van der Waals surface area contributed by atoms with Crippen molar-refractivity contribution in [2.24, 2.45) is 5.73 Å². The lowest BCUT2D eigenvalue weighted by Crippen LogP contribution is -2.19. The number of nitrogens with two attached hydrogens (primary N) is 1. The van der Waals surface area contributed by atoms with Gasteiger partial charge in [0.1, 0.15) is 11.9 Å². The minimum Gasteiger partial charge on any atom is -0.484 e. The molecule has 0 spiro atoms. The maximum Gasteiger partial charge on any atom is 0.136 e. The molecule has 0 aliphatic heterocycles. The third-order valence-corrected chi connectivity index (χ3v) is 3.21. The third-order valence-electron chi connectivity index (χ3n) is 3.21. The van der Waals surface area contributed by atoms with Crippen LogP contribution in [0.1, 0.15) is 28.4 Å². The van der Waals surface area contributed by atoms with Crippen molar-refractivity contribution in [3.05, 3.63) is 64.7 Å². The van der Waals surface area contributed by atoms with Gasteiger partial charge < -0.3 is 10.5 Å². The van der Waals surface area contributed by atoms with Gasteiger partial charge in [-0.15, -0.1) is 0 Å². The summed E-state index contributed by atoms with van der Waals surface area (Å²) >= 11 is 0. The van der Waals surface area contributed by atoms with Gasteiger partial charge in [-0.1, -0.05) is 35.9 Å². The van der Waals surface area contributed by atoms with E-state index in [9.17, 15) is 0 Å². The summed E-state index contributed by atoms with van der Waals surface area (Å²) in [6, 6.07) is 15.7. The molecule has 20 heavy (non-hydrogen) atoms. The number of aryl methyl sites for hydroxylation is 2. The van der Waals surface area contributed by atoms with Gasteiger partial charge in [-0.25, -0.2) is 0 Å². The summed E-state index contributed by atoms with van der Waals surface area (Å²) in [4.78, 5) is 0. The largest absolute Gasteiger partial charge is 0.484 e. The first-order valence-electron chi connectivity index (χ1n) is 6.58. The summed E-state index contributed by atoms with van der Waals surface area (Å²) in [5.74, 6) is 0.709. The molecule has 0 heterocycles. The number of ether oxygens (including phenoxy) is 1. The van der Waals surface area contributed by atoms with E-state index in [2.05, 4.69) is 12.1 Å². The van der Waals surface area contributed by atoms with Crippen molar-refractivity contribution in [3.63, 3.8) is 0 Å². The van der Waals surface area contributed by atoms with Gasteiger partial charge >= 0.3 is 0 Å². The van der Waals surface area contributed by atoms with Crippen LogP contribution >= 0.6 is 0 Å². The van der Waals surface area contributed by atoms with E-state index in [1.54, 1.807) is 12.1 Å². The van der Waals surface area contributed by atoms with Crippen molar-refractivity contribution in [2.45, 2.75) is 20.0 Å². The predicted molar refractivity (Wildman–Crippen MR) is 79.5 cm³/mol. The fourth-order valence-electron chi connectivity index (χ4n) is 2.07. The smallest absolute Gasteiger partial charge is 0.136 e. The molecule has 0 aliphatic carbocycles. The zero-order chi connectivity index (χ0) is 14.5. The summed E-state index contributed by atoms with van der Waals surface area (Å²) < 4.78 is 6.00. The number of hydrogen-bond acceptors (Lipinski definition) is 3. The highest BCUT2D eigenvalue weighted by Crippen LogP contribution is 2.26. The van der Waals surface area contributed by atoms with Gasteiger partial charge in [0.05, 0.1) is 11.6 Å². The van der Waals surface area contributed by atoms with Gasteiger partial charge in [0.15, 0.2) is 0 Å². The second-order valence-corrected chi connectivity index (χ2v) is 4.85. The molecule has 2 rings (SSSR count). The molecule has 0 saturated heterocycles. The molecule has 0 radical (unpaired) electrons. The Morgan fingerprint density at radius 1 is 1.20 bits per heavy atom. The molecule has 3 nitrogen and oxygen atoms in total. The molecule has 0 aliphatic rings. The van der Waals surface area contributed by atoms with Gasteiger partial charge in [-0.3, -0.25) is 0 Å². The van der Waals surface area contributed by atoms with Crippen molar-refractivity contribution in [2.75, 3.05) is 6.54 Å². The first-order valence-corrected chi connectivity index (χ1v) is 6.58. The lowest BCUT2D eigenvalue weighted by Gasteiger charge is -2.19. The molecule has 0 bridgehead atoms. The van der Waals surface area contributed by atoms with Gasteiger partial charge in [-0.2, -0.15) is 5.26 Å². The highest BCUT2D eigenvalue weighted by molar-refractivity contribution is 5.42. The molecular weight excluding hydrogens is 248 g/mol. The fraction of sp³-hybridized carbons (Fsp3) is 0.235. The van der Waals surface area contributed by atoms with Crippen molar-refractivity contribution in [1.29, 1.82) is 5.26 Å². The van der Waals surface area contributed by atoms with Gasteiger partial charge in [-0.05, 0) is 37.1 Å². The maximum atomic E-state index is 8.97. The third kappa shape index (κ3) is 3.17. The van der Waals surface area contributed by atoms with E-state index in [1.165, 1.54) is 5.56 Å². The van der Waals surface area contributed by atoms with E-state index in [-0.39, 0.29) is 6.10 Å². The lowest BCUT2D eigenvalue weighted by atomic mass is 10.1. The molecule has 3 heteroatoms. The van der Waals surface area contributed by atoms with E-state index >= 15 is 0 Å². The van der Waals surface area contributed by atoms with Crippen molar-refractivity contribution < 1.29 is 4.74 Å². The molecule has 0 aromatic heterocycles. The number of nitriles is 1. The molecule has 0 saturated carbocycles. The zero-order valence-corrected chi connectivity index (χ0v) is 11.8. The van der Waals surface area contributed by atoms with Crippen LogP contribution in [0.5, 0.6) is 5.75 Å². The first-order chi connectivity index (χ1) is 9.63. The van der Waals surface area contributed by atoms with Crippen LogP contribution in [-0.4, -0.2) is 6.54 Å². The van der Waals surface area contributed by atoms with Crippen molar-refractivity contribution in [1.82, 2.24) is 0 Å². The Balaban J connectivity index is 2.29. The van der Waals surface area contributed by atoms with Crippen LogP contribution in [0.2, 0.25) is 0 Å². The normalized spacial score (nSPS) is 11.7. The van der Waals surface area contributed by atoms with E-state index in [0.29, 0.717) is 17.9 Å². The number of rotatable bonds is 4. The van der Waals surface area contributed by atoms with Crippen LogP contribution in [0.25, 0.3) is 0 Å². The fourth-order valence-corrected chi connectivity index (χ4v) is 2.07. The average Bonchev–Trinajstić information content (AvgIpc) is 2.46. The van der Waals surface area contributed by atoms with E-state index in [1.807, 2.05) is 38.1 Å². The molecule has 2 N–H and O–H groups in total. The van der Waals surface area contributed by atoms with Crippen LogP contribution in [0, 0.1) is 25.2 Å². The minimum absolute atomic E-state index is 0.206. The Hall–Kier alpha value is -2.31. The molecule has 1 atom stereocenters. The molecule has 102 valence electrons. The predicted octanol–water partition coefficient (Wildman–Crippen LogP) is 3.25. The Morgan fingerprint density at radius 2 is 2.00 bits per heavy atom. The average molecular weight is 266 g/mol. The second kappa shape index (κ2) is 6.23.